The Balaban J connectivity index is 0.000000192. The molecule has 4 heterocycles. The number of pyridine rings is 2. The molecule has 0 radical (unpaired) electrons. The molecule has 0 atom stereocenters. The molecule has 2 aliphatic heterocycles. The van der Waals surface area contributed by atoms with Gasteiger partial charge in [0.2, 0.25) is 0 Å². The van der Waals surface area contributed by atoms with Gasteiger partial charge in [0.1, 0.15) is 16.9 Å². The average Bonchev–Trinajstić information content (AvgIpc) is 3.29. The first-order valence-electron chi connectivity index (χ1n) is 9.51. The van der Waals surface area contributed by atoms with Gasteiger partial charge >= 0.3 is 0 Å². The van der Waals surface area contributed by atoms with Crippen LogP contribution in [0.25, 0.3) is 0 Å². The van der Waals surface area contributed by atoms with E-state index in [0.29, 0.717) is 16.2 Å². The van der Waals surface area contributed by atoms with Crippen molar-refractivity contribution in [3.8, 4) is 0 Å². The second-order valence-electron chi connectivity index (χ2n) is 6.57. The summed E-state index contributed by atoms with van der Waals surface area (Å²) in [6, 6.07) is 6.91. The normalized spacial score (nSPS) is 15.3. The van der Waals surface area contributed by atoms with Crippen LogP contribution in [0.3, 0.4) is 0 Å². The lowest BCUT2D eigenvalue weighted by Gasteiger charge is -2.12. The van der Waals surface area contributed by atoms with Gasteiger partial charge in [-0.25, -0.2) is 9.97 Å². The third-order valence-electron chi connectivity index (χ3n) is 4.12. The molecule has 33 heavy (non-hydrogen) atoms. The number of hydrogen-bond acceptors (Lipinski definition) is 8. The third kappa shape index (κ3) is 8.67. The fourth-order valence-electron chi connectivity index (χ4n) is 2.38. The zero-order valence-electron chi connectivity index (χ0n) is 17.1. The van der Waals surface area contributed by atoms with Gasteiger partial charge in [0.25, 0.3) is 23.6 Å². The van der Waals surface area contributed by atoms with Crippen molar-refractivity contribution in [3.05, 3.63) is 58.1 Å². The van der Waals surface area contributed by atoms with Crippen LogP contribution < -0.4 is 0 Å². The quantitative estimate of drug-likeness (QED) is 0.283. The van der Waals surface area contributed by atoms with Crippen LogP contribution >= 0.6 is 34.8 Å². The van der Waals surface area contributed by atoms with Crippen LogP contribution in [0.4, 0.5) is 0 Å². The van der Waals surface area contributed by atoms with Crippen molar-refractivity contribution in [3.63, 3.8) is 0 Å². The number of halogens is 3. The molecule has 13 heteroatoms. The summed E-state index contributed by atoms with van der Waals surface area (Å²) in [5, 5.41) is 10.3. The molecule has 0 spiro atoms. The van der Waals surface area contributed by atoms with Crippen molar-refractivity contribution in [2.75, 3.05) is 0 Å². The highest BCUT2D eigenvalue weighted by atomic mass is 35.5. The first-order valence-corrected chi connectivity index (χ1v) is 10.8. The smallest absolute Gasteiger partial charge is 0.254 e. The fraction of sp³-hybridized carbons (Fsp3) is 0.300. The van der Waals surface area contributed by atoms with Gasteiger partial charge in [0.15, 0.2) is 0 Å². The first-order chi connectivity index (χ1) is 15.7. The molecule has 0 unspecified atom stereocenters. The summed E-state index contributed by atoms with van der Waals surface area (Å²) in [5.74, 6) is -1.12. The minimum absolute atomic E-state index is 0.127. The predicted octanol–water partition coefficient (Wildman–Crippen LogP) is 3.31. The lowest BCUT2D eigenvalue weighted by molar-refractivity contribution is -0.191. The van der Waals surface area contributed by atoms with Crippen LogP contribution in [-0.4, -0.2) is 48.9 Å². The summed E-state index contributed by atoms with van der Waals surface area (Å²) < 4.78 is 0. The van der Waals surface area contributed by atoms with E-state index in [4.69, 9.17) is 44.8 Å². The summed E-state index contributed by atoms with van der Waals surface area (Å²) in [6.45, 7) is 0.127. The maximum atomic E-state index is 11.2. The molecule has 176 valence electrons. The maximum Gasteiger partial charge on any atom is 0.254 e. The molecule has 2 aromatic heterocycles. The first kappa shape index (κ1) is 26.6. The van der Waals surface area contributed by atoms with Crippen molar-refractivity contribution >= 4 is 58.4 Å². The Kier molecular flexibility index (Phi) is 10.6. The molecule has 2 aliphatic rings. The molecule has 1 N–H and O–H groups in total. The number of hydrogen-bond donors (Lipinski definition) is 1. The second-order valence-corrected chi connectivity index (χ2v) is 7.61. The molecule has 2 aromatic rings. The summed E-state index contributed by atoms with van der Waals surface area (Å²) in [4.78, 5) is 55.7. The lowest BCUT2D eigenvalue weighted by atomic mass is 10.3. The molecule has 0 saturated carbocycles. The van der Waals surface area contributed by atoms with Crippen LogP contribution in [0.2, 0.25) is 10.3 Å². The summed E-state index contributed by atoms with van der Waals surface area (Å²) in [7, 11) is 0. The van der Waals surface area contributed by atoms with Crippen molar-refractivity contribution in [2.24, 2.45) is 0 Å². The van der Waals surface area contributed by atoms with Gasteiger partial charge in [-0.2, -0.15) is 10.1 Å². The van der Waals surface area contributed by atoms with E-state index in [2.05, 4.69) is 9.97 Å². The molecule has 0 aromatic carbocycles. The summed E-state index contributed by atoms with van der Waals surface area (Å²) in [5.41, 5.74) is 1.73. The van der Waals surface area contributed by atoms with Gasteiger partial charge < -0.3 is 0 Å². The van der Waals surface area contributed by atoms with Gasteiger partial charge in [-0.05, 0) is 23.3 Å². The molecular formula is C20H19Cl3N4O6. The van der Waals surface area contributed by atoms with Crippen LogP contribution in [-0.2, 0) is 36.5 Å². The maximum absolute atomic E-state index is 11.2. The number of carbonyl (C=O) groups excluding carboxylic acids is 4. The standard InChI is InChI=1S/C10H9ClN2O3.C6H5Cl2N.C4H5NO3/c11-8-2-1-7(5-12-8)6-16-13-9(14)3-4-10(13)15;7-3-5-1-2-6(8)9-4-5;6-3-1-2-4(7)5(3)8/h1-2,5H,3-4,6H2;1-2,4H,3H2;8H,1-2H2. The zero-order chi connectivity index (χ0) is 24.4. The molecule has 2 fully saturated rings. The van der Waals surface area contributed by atoms with Crippen LogP contribution in [0.15, 0.2) is 36.7 Å². The molecule has 2 saturated heterocycles. The Labute approximate surface area is 203 Å². The number of carbonyl (C=O) groups is 4. The lowest BCUT2D eigenvalue weighted by Crippen LogP contribution is -2.29. The number of nitrogens with zero attached hydrogens (tertiary/aromatic N) is 4. The van der Waals surface area contributed by atoms with Crippen LogP contribution in [0, 0.1) is 0 Å². The number of rotatable bonds is 4. The van der Waals surface area contributed by atoms with E-state index in [9.17, 15) is 19.2 Å². The topological polar surface area (TPSA) is 130 Å². The Morgan fingerprint density at radius 1 is 0.788 bits per heavy atom. The van der Waals surface area contributed by atoms with Crippen molar-refractivity contribution in [1.29, 1.82) is 0 Å². The van der Waals surface area contributed by atoms with Crippen molar-refractivity contribution in [1.82, 2.24) is 20.1 Å². The Hall–Kier alpha value is -2.63. The van der Waals surface area contributed by atoms with Crippen molar-refractivity contribution < 1.29 is 29.2 Å². The molecule has 0 bridgehead atoms. The van der Waals surface area contributed by atoms with Crippen molar-refractivity contribution in [2.45, 2.75) is 38.2 Å². The Bertz CT molecular complexity index is 956. The molecular weight excluding hydrogens is 499 g/mol. The third-order valence-corrected chi connectivity index (χ3v) is 4.88. The van der Waals surface area contributed by atoms with E-state index < -0.39 is 11.8 Å². The molecule has 10 nitrogen and oxygen atoms in total. The highest BCUT2D eigenvalue weighted by molar-refractivity contribution is 6.29. The van der Waals surface area contributed by atoms with E-state index in [-0.39, 0.29) is 49.2 Å². The highest BCUT2D eigenvalue weighted by Gasteiger charge is 2.30. The van der Waals surface area contributed by atoms with Gasteiger partial charge in [0.05, 0.1) is 0 Å². The minimum Gasteiger partial charge on any atom is -0.279 e. The Morgan fingerprint density at radius 2 is 1.24 bits per heavy atom. The predicted molar refractivity (Wildman–Crippen MR) is 117 cm³/mol. The van der Waals surface area contributed by atoms with Gasteiger partial charge in [-0.3, -0.25) is 29.2 Å². The van der Waals surface area contributed by atoms with Crippen LogP contribution in [0.1, 0.15) is 36.8 Å². The highest BCUT2D eigenvalue weighted by Crippen LogP contribution is 2.14. The number of alkyl halides is 1. The largest absolute Gasteiger partial charge is 0.279 e. The van der Waals surface area contributed by atoms with Crippen LogP contribution in [0.5, 0.6) is 0 Å². The molecule has 4 rings (SSSR count). The summed E-state index contributed by atoms with van der Waals surface area (Å²) >= 11 is 16.6. The minimum atomic E-state index is -0.505. The monoisotopic (exact) mass is 516 g/mol. The van der Waals surface area contributed by atoms with E-state index in [1.165, 1.54) is 6.20 Å². The number of hydroxylamine groups is 4. The van der Waals surface area contributed by atoms with E-state index in [1.807, 2.05) is 6.07 Å². The summed E-state index contributed by atoms with van der Waals surface area (Å²) in [6.07, 6.45) is 3.93. The van der Waals surface area contributed by atoms with E-state index >= 15 is 0 Å². The SMILES string of the molecule is ClCc1ccc(Cl)nc1.O=C1CCC(=O)N1O.O=C1CCC(=O)N1OCc1ccc(Cl)nc1. The Morgan fingerprint density at radius 3 is 1.61 bits per heavy atom. The number of imide groups is 2. The van der Waals surface area contributed by atoms with Gasteiger partial charge in [0, 0.05) is 44.0 Å². The van der Waals surface area contributed by atoms with E-state index in [0.717, 1.165) is 16.2 Å². The zero-order valence-corrected chi connectivity index (χ0v) is 19.4. The van der Waals surface area contributed by atoms with Gasteiger partial charge in [-0.1, -0.05) is 35.3 Å². The van der Waals surface area contributed by atoms with E-state index in [1.54, 1.807) is 24.4 Å². The fourth-order valence-corrected chi connectivity index (χ4v) is 2.76. The number of aromatic nitrogens is 2. The van der Waals surface area contributed by atoms with Gasteiger partial charge in [-0.15, -0.1) is 11.6 Å². The molecule has 0 aliphatic carbocycles. The number of amides is 4. The second kappa shape index (κ2) is 13.2. The average molecular weight is 518 g/mol. The molecule has 4 amide bonds.